The lowest BCUT2D eigenvalue weighted by Crippen LogP contribution is -2.15. The number of ether oxygens (including phenoxy) is 3. The molecule has 0 atom stereocenters. The van der Waals surface area contributed by atoms with Gasteiger partial charge in [0.05, 0.1) is 23.7 Å². The molecule has 8 heteroatoms. The Balaban J connectivity index is 1.78. The lowest BCUT2D eigenvalue weighted by molar-refractivity contribution is 0.144. The van der Waals surface area contributed by atoms with E-state index in [-0.39, 0.29) is 5.82 Å². The number of rotatable bonds is 6. The van der Waals surface area contributed by atoms with Gasteiger partial charge in [-0.2, -0.15) is 0 Å². The van der Waals surface area contributed by atoms with Gasteiger partial charge in [0, 0.05) is 30.8 Å². The van der Waals surface area contributed by atoms with E-state index in [1.165, 1.54) is 6.33 Å². The number of anilines is 2. The van der Waals surface area contributed by atoms with Crippen LogP contribution in [0.3, 0.4) is 0 Å². The normalized spacial score (nSPS) is 13.1. The molecule has 0 fully saturated rings. The molecule has 0 unspecified atom stereocenters. The Morgan fingerprint density at radius 2 is 1.96 bits per heavy atom. The molecule has 146 valence electrons. The van der Waals surface area contributed by atoms with Gasteiger partial charge in [0.15, 0.2) is 11.5 Å². The maximum Gasteiger partial charge on any atom is 0.163 e. The molecule has 6 nitrogen and oxygen atoms in total. The first-order valence-corrected chi connectivity index (χ1v) is 9.61. The van der Waals surface area contributed by atoms with E-state index in [2.05, 4.69) is 30.8 Å². The summed E-state index contributed by atoms with van der Waals surface area (Å²) in [5, 5.41) is 0.840. The summed E-state index contributed by atoms with van der Waals surface area (Å²) in [6.07, 6.45) is 2.28. The number of hydrogen-bond acceptors (Lipinski definition) is 6. The molecule has 1 aromatic heterocycles. The zero-order valence-electron chi connectivity index (χ0n) is 15.5. The number of hydrogen-bond donors (Lipinski definition) is 0. The van der Waals surface area contributed by atoms with Crippen molar-refractivity contribution in [3.63, 3.8) is 0 Å². The van der Waals surface area contributed by atoms with Gasteiger partial charge in [0.2, 0.25) is 0 Å². The van der Waals surface area contributed by atoms with Crippen molar-refractivity contribution in [1.82, 2.24) is 9.97 Å². The van der Waals surface area contributed by atoms with Gasteiger partial charge in [-0.05, 0) is 46.1 Å². The molecule has 0 radical (unpaired) electrons. The van der Waals surface area contributed by atoms with Crippen LogP contribution < -0.4 is 14.4 Å². The molecule has 3 aromatic rings. The number of aromatic nitrogens is 2. The quantitative estimate of drug-likeness (QED) is 0.526. The highest BCUT2D eigenvalue weighted by Crippen LogP contribution is 2.41. The first kappa shape index (κ1) is 18.9. The molecule has 0 N–H and O–H groups in total. The van der Waals surface area contributed by atoms with Crippen molar-refractivity contribution in [3.8, 4) is 11.5 Å². The molecule has 0 saturated carbocycles. The van der Waals surface area contributed by atoms with Crippen molar-refractivity contribution in [2.24, 2.45) is 0 Å². The molecule has 0 bridgehead atoms. The third kappa shape index (κ3) is 3.38. The predicted octanol–water partition coefficient (Wildman–Crippen LogP) is 4.26. The molecule has 1 aliphatic heterocycles. The van der Waals surface area contributed by atoms with Gasteiger partial charge < -0.3 is 19.1 Å². The third-order valence-corrected chi connectivity index (χ3v) is 5.33. The van der Waals surface area contributed by atoms with Gasteiger partial charge >= 0.3 is 0 Å². The molecule has 4 rings (SSSR count). The summed E-state index contributed by atoms with van der Waals surface area (Å²) in [6.45, 7) is 1.60. The number of halogens is 2. The van der Waals surface area contributed by atoms with Crippen molar-refractivity contribution >= 4 is 38.3 Å². The van der Waals surface area contributed by atoms with Crippen LogP contribution in [0.5, 0.6) is 11.5 Å². The molecular formula is C20H19BrFN3O3. The highest BCUT2D eigenvalue weighted by Gasteiger charge is 2.25. The Morgan fingerprint density at radius 1 is 1.11 bits per heavy atom. The average molecular weight is 448 g/mol. The summed E-state index contributed by atoms with van der Waals surface area (Å²) in [4.78, 5) is 11.0. The van der Waals surface area contributed by atoms with Crippen molar-refractivity contribution in [3.05, 3.63) is 46.4 Å². The smallest absolute Gasteiger partial charge is 0.163 e. The second-order valence-corrected chi connectivity index (χ2v) is 7.21. The minimum absolute atomic E-state index is 0.257. The monoisotopic (exact) mass is 447 g/mol. The summed E-state index contributed by atoms with van der Waals surface area (Å²) in [6, 6.07) is 7.09. The van der Waals surface area contributed by atoms with Gasteiger partial charge in [0.1, 0.15) is 24.6 Å². The zero-order valence-corrected chi connectivity index (χ0v) is 17.1. The fraction of sp³-hybridized carbons (Fsp3) is 0.300. The van der Waals surface area contributed by atoms with Crippen LogP contribution in [-0.2, 0) is 11.2 Å². The Morgan fingerprint density at radius 3 is 2.75 bits per heavy atom. The van der Waals surface area contributed by atoms with E-state index < -0.39 is 0 Å². The van der Waals surface area contributed by atoms with Crippen LogP contribution in [-0.4, -0.2) is 43.9 Å². The van der Waals surface area contributed by atoms with E-state index in [4.69, 9.17) is 14.2 Å². The first-order chi connectivity index (χ1) is 13.6. The van der Waals surface area contributed by atoms with Gasteiger partial charge in [-0.3, -0.25) is 0 Å². The summed E-state index contributed by atoms with van der Waals surface area (Å²) >= 11 is 3.28. The molecule has 1 aliphatic rings. The Bertz CT molecular complexity index is 1030. The predicted molar refractivity (Wildman–Crippen MR) is 108 cm³/mol. The van der Waals surface area contributed by atoms with E-state index in [0.29, 0.717) is 35.7 Å². The van der Waals surface area contributed by atoms with Crippen molar-refractivity contribution < 1.29 is 18.6 Å². The lowest BCUT2D eigenvalue weighted by Gasteiger charge is -2.21. The van der Waals surface area contributed by atoms with E-state index in [1.807, 2.05) is 12.1 Å². The molecule has 0 amide bonds. The van der Waals surface area contributed by atoms with Crippen LogP contribution >= 0.6 is 15.9 Å². The lowest BCUT2D eigenvalue weighted by atomic mass is 10.1. The average Bonchev–Trinajstić information content (AvgIpc) is 3.09. The first-order valence-electron chi connectivity index (χ1n) is 8.82. The van der Waals surface area contributed by atoms with Crippen LogP contribution in [0.1, 0.15) is 5.56 Å². The van der Waals surface area contributed by atoms with Crippen molar-refractivity contribution in [2.45, 2.75) is 6.42 Å². The molecule has 2 aromatic carbocycles. The molecule has 28 heavy (non-hydrogen) atoms. The highest BCUT2D eigenvalue weighted by molar-refractivity contribution is 9.10. The van der Waals surface area contributed by atoms with E-state index in [1.54, 1.807) is 26.4 Å². The van der Waals surface area contributed by atoms with E-state index in [9.17, 15) is 4.39 Å². The van der Waals surface area contributed by atoms with Crippen LogP contribution in [0.2, 0.25) is 0 Å². The third-order valence-electron chi connectivity index (χ3n) is 4.72. The number of fused-ring (bicyclic) bond motifs is 2. The van der Waals surface area contributed by atoms with E-state index in [0.717, 1.165) is 34.4 Å². The number of benzene rings is 2. The molecule has 2 heterocycles. The second-order valence-electron chi connectivity index (χ2n) is 6.36. The van der Waals surface area contributed by atoms with Crippen LogP contribution in [0, 0.1) is 5.82 Å². The fourth-order valence-corrected chi connectivity index (χ4v) is 3.71. The summed E-state index contributed by atoms with van der Waals surface area (Å²) in [7, 11) is 3.22. The minimum atomic E-state index is -0.257. The Hall–Kier alpha value is -2.45. The Labute approximate surface area is 170 Å². The minimum Gasteiger partial charge on any atom is -0.493 e. The van der Waals surface area contributed by atoms with E-state index >= 15 is 0 Å². The fourth-order valence-electron chi connectivity index (χ4n) is 3.37. The van der Waals surface area contributed by atoms with Gasteiger partial charge in [-0.25, -0.2) is 14.4 Å². The summed E-state index contributed by atoms with van der Waals surface area (Å²) in [5.74, 6) is 1.69. The van der Waals surface area contributed by atoms with Gasteiger partial charge in [-0.15, -0.1) is 0 Å². The molecule has 0 saturated heterocycles. The van der Waals surface area contributed by atoms with Crippen LogP contribution in [0.25, 0.3) is 10.9 Å². The summed E-state index contributed by atoms with van der Waals surface area (Å²) < 4.78 is 30.6. The van der Waals surface area contributed by atoms with Crippen molar-refractivity contribution in [1.29, 1.82) is 0 Å². The topological polar surface area (TPSA) is 56.7 Å². The molecule has 0 aliphatic carbocycles. The van der Waals surface area contributed by atoms with Crippen molar-refractivity contribution in [2.75, 3.05) is 38.9 Å². The summed E-state index contributed by atoms with van der Waals surface area (Å²) in [5.41, 5.74) is 2.64. The largest absolute Gasteiger partial charge is 0.493 e. The molecule has 0 spiro atoms. The maximum atomic E-state index is 13.9. The highest BCUT2D eigenvalue weighted by atomic mass is 79.9. The SMILES string of the molecule is COCCOc1cc2ncnc(N3CCc4cc(F)c(Br)cc43)c2cc1OC. The number of nitrogens with zero attached hydrogens (tertiary/aromatic N) is 3. The standard InChI is InChI=1S/C20H19BrFN3O3/c1-26-5-6-28-19-10-16-13(8-18(19)27-2)20(24-11-23-16)25-4-3-12-7-15(22)14(21)9-17(12)25/h7-11H,3-6H2,1-2H3. The maximum absolute atomic E-state index is 13.9. The van der Waals surface area contributed by atoms with Gasteiger partial charge in [0.25, 0.3) is 0 Å². The number of methoxy groups -OCH3 is 2. The Kier molecular flexibility index (Phi) is 5.32. The van der Waals surface area contributed by atoms with Gasteiger partial charge in [-0.1, -0.05) is 0 Å². The van der Waals surface area contributed by atoms with Crippen LogP contribution in [0.15, 0.2) is 35.1 Å². The molecular weight excluding hydrogens is 429 g/mol. The van der Waals surface area contributed by atoms with Crippen LogP contribution in [0.4, 0.5) is 15.9 Å². The zero-order chi connectivity index (χ0) is 19.7. The second kappa shape index (κ2) is 7.89.